The zero-order valence-corrected chi connectivity index (χ0v) is 44.8. The number of aliphatic hydroxyl groups excluding tert-OH is 5. The van der Waals surface area contributed by atoms with Gasteiger partial charge in [0.1, 0.15) is 22.9 Å². The zero-order valence-electron chi connectivity index (χ0n) is 43.1. The molecule has 1 aromatic carbocycles. The Morgan fingerprint density at radius 1 is 0.890 bits per heavy atom. The van der Waals surface area contributed by atoms with E-state index in [1.165, 1.54) is 21.6 Å². The van der Waals surface area contributed by atoms with Gasteiger partial charge in [0.15, 0.2) is 5.78 Å². The molecule has 9 aliphatic carbocycles. The number of ether oxygens (including phenoxy) is 1. The third-order valence-corrected chi connectivity index (χ3v) is 27.4. The molecule has 12 nitrogen and oxygen atoms in total. The van der Waals surface area contributed by atoms with Crippen LogP contribution in [0.2, 0.25) is 0 Å². The maximum atomic E-state index is 16.3. The van der Waals surface area contributed by atoms with E-state index in [1.54, 1.807) is 23.1 Å². The van der Waals surface area contributed by atoms with E-state index >= 15 is 9.59 Å². The van der Waals surface area contributed by atoms with Crippen LogP contribution in [0.3, 0.4) is 0 Å². The van der Waals surface area contributed by atoms with Crippen molar-refractivity contribution in [1.82, 2.24) is 0 Å². The number of aliphatic hydroxyl groups is 7. The molecule has 5 aliphatic heterocycles. The number of carbonyl (C=O) groups excluding carboxylic acids is 2. The number of fused-ring (bicyclic) bond motifs is 1. The Labute approximate surface area is 438 Å². The van der Waals surface area contributed by atoms with Crippen LogP contribution < -0.4 is 4.90 Å². The zero-order chi connectivity index (χ0) is 51.3. The number of phenolic OH excluding ortho intramolecular Hbond substituents is 1. The van der Waals surface area contributed by atoms with Crippen LogP contribution in [0.25, 0.3) is 0 Å². The van der Waals surface area contributed by atoms with Crippen molar-refractivity contribution in [3.8, 4) is 5.75 Å². The number of aryl methyl sites for hydroxylation is 1. The van der Waals surface area contributed by atoms with Crippen molar-refractivity contribution in [2.24, 2.45) is 79.3 Å². The van der Waals surface area contributed by atoms with Crippen LogP contribution in [-0.2, 0) is 20.7 Å². The minimum Gasteiger partial charge on any atom is -0.508 e. The highest BCUT2D eigenvalue weighted by atomic mass is 33.1. The number of epoxide rings is 1. The summed E-state index contributed by atoms with van der Waals surface area (Å²) >= 11 is 0. The van der Waals surface area contributed by atoms with E-state index in [1.807, 2.05) is 6.07 Å². The Bertz CT molecular complexity index is 2580. The normalized spacial score (nSPS) is 51.5. The lowest BCUT2D eigenvalue weighted by Crippen LogP contribution is -2.75. The van der Waals surface area contributed by atoms with Crippen molar-refractivity contribution in [2.45, 2.75) is 178 Å². The third-order valence-electron chi connectivity index (χ3n) is 24.7. The second-order valence-electron chi connectivity index (χ2n) is 26.6. The van der Waals surface area contributed by atoms with Crippen LogP contribution in [-0.4, -0.2) is 119 Å². The highest BCUT2D eigenvalue weighted by molar-refractivity contribution is 8.76. The van der Waals surface area contributed by atoms with Gasteiger partial charge in [-0.05, 0) is 154 Å². The fraction of sp³-hybridized carbons (Fsp3) is 0.763. The second kappa shape index (κ2) is 16.4. The maximum absolute atomic E-state index is 16.3. The standard InChI is InChI=1S/C59H79NO11S2/c1-32(2)33(3)46-48(71-46)57(69)19-8-9-36-25-40-41-27-45(65)55(28-42(63)47(66)53(51(40,55)4)17-5-6-18-53)50(68)73-72-29-37-10-7-16-52(31-61)20-14-35-11-12-44(64)56(35)30-60(49(67)59(37,52)56)38-23-34(24-39(62)26-38)13-21-54(36)43(57)15-22-58(41,54)70/h8-9,14,20,23-24,26-27,32-33,35-37,40,42-44,46-48,50,61-64,66,68-70H,5-7,10-13,15-19,21-22,25,28-31H2,1-4H3/t33-,35+,36-,37-,40+,42-,43+,44-,46+,47-,48-,50+,51+,52-,54-,55+,56-,57-,58-,59+/m1/s1. The van der Waals surface area contributed by atoms with Crippen molar-refractivity contribution in [3.05, 3.63) is 59.7 Å². The number of amides is 1. The summed E-state index contributed by atoms with van der Waals surface area (Å²) in [5.74, 6) is -1.42. The number of nitrogens with zero attached hydrogens (tertiary/aromatic N) is 1. The molecule has 8 fully saturated rings. The number of hydrogen-bond donors (Lipinski definition) is 8. The smallest absolute Gasteiger partial charge is 0.235 e. The van der Waals surface area contributed by atoms with E-state index in [9.17, 15) is 40.9 Å². The minimum atomic E-state index is -1.62. The summed E-state index contributed by atoms with van der Waals surface area (Å²) in [4.78, 5) is 34.2. The molecule has 15 rings (SSSR count). The lowest BCUT2D eigenvalue weighted by Gasteiger charge is -2.72. The minimum absolute atomic E-state index is 0.00868. The summed E-state index contributed by atoms with van der Waals surface area (Å²) in [5.41, 5.74) is -10.3. The topological polar surface area (TPSA) is 212 Å². The predicted octanol–water partition coefficient (Wildman–Crippen LogP) is 7.18. The Kier molecular flexibility index (Phi) is 11.3. The second-order valence-corrected chi connectivity index (χ2v) is 29.1. The molecule has 8 N–H and O–H groups in total. The summed E-state index contributed by atoms with van der Waals surface area (Å²) in [6.45, 7) is 8.55. The van der Waals surface area contributed by atoms with E-state index in [-0.39, 0.29) is 73.2 Å². The number of phenols is 1. The van der Waals surface area contributed by atoms with E-state index < -0.39 is 90.8 Å². The molecule has 14 heteroatoms. The van der Waals surface area contributed by atoms with E-state index in [0.29, 0.717) is 93.6 Å². The Hall–Kier alpha value is -2.24. The molecule has 8 bridgehead atoms. The number of rotatable bonds is 4. The van der Waals surface area contributed by atoms with Crippen LogP contribution in [0.15, 0.2) is 54.2 Å². The van der Waals surface area contributed by atoms with Crippen molar-refractivity contribution >= 4 is 39.0 Å². The van der Waals surface area contributed by atoms with Crippen LogP contribution >= 0.6 is 21.6 Å². The van der Waals surface area contributed by atoms with Gasteiger partial charge in [-0.3, -0.25) is 9.59 Å². The molecule has 73 heavy (non-hydrogen) atoms. The molecule has 1 amide bonds. The van der Waals surface area contributed by atoms with E-state index in [0.717, 1.165) is 24.8 Å². The first-order valence-electron chi connectivity index (χ1n) is 28.2. The van der Waals surface area contributed by atoms with Gasteiger partial charge in [-0.2, -0.15) is 0 Å². The van der Waals surface area contributed by atoms with Crippen molar-refractivity contribution in [3.63, 3.8) is 0 Å². The summed E-state index contributed by atoms with van der Waals surface area (Å²) in [6.07, 6.45) is 14.3. The van der Waals surface area contributed by atoms with Crippen molar-refractivity contribution in [1.29, 1.82) is 0 Å². The van der Waals surface area contributed by atoms with E-state index in [4.69, 9.17) is 4.74 Å². The van der Waals surface area contributed by atoms with Gasteiger partial charge in [0.2, 0.25) is 5.91 Å². The van der Waals surface area contributed by atoms with Gasteiger partial charge < -0.3 is 50.5 Å². The van der Waals surface area contributed by atoms with Gasteiger partial charge in [-0.1, -0.05) is 92.8 Å². The first kappa shape index (κ1) is 50.3. The van der Waals surface area contributed by atoms with Crippen LogP contribution in [0.4, 0.5) is 5.69 Å². The first-order chi connectivity index (χ1) is 34.7. The highest BCUT2D eigenvalue weighted by Gasteiger charge is 2.83. The molecule has 0 radical (unpaired) electrons. The molecular formula is C59H79NO11S2. The maximum Gasteiger partial charge on any atom is 0.235 e. The van der Waals surface area contributed by atoms with Gasteiger partial charge in [-0.15, -0.1) is 0 Å². The van der Waals surface area contributed by atoms with Crippen LogP contribution in [0, 0.1) is 79.3 Å². The van der Waals surface area contributed by atoms with E-state index in [2.05, 4.69) is 52.0 Å². The molecular weight excluding hydrogens is 963 g/mol. The van der Waals surface area contributed by atoms with Crippen molar-refractivity contribution < 1.29 is 55.2 Å². The Balaban J connectivity index is 1.04. The monoisotopic (exact) mass is 1040 g/mol. The van der Waals surface area contributed by atoms with Gasteiger partial charge in [0, 0.05) is 51.6 Å². The molecule has 5 heterocycles. The average Bonchev–Trinajstić information content (AvgIpc) is 3.67. The van der Waals surface area contributed by atoms with Gasteiger partial charge in [-0.25, -0.2) is 0 Å². The van der Waals surface area contributed by atoms with Crippen molar-refractivity contribution in [2.75, 3.05) is 23.8 Å². The largest absolute Gasteiger partial charge is 0.508 e. The first-order valence-corrected chi connectivity index (χ1v) is 30.6. The number of allylic oxidation sites excluding steroid dienone is 3. The van der Waals surface area contributed by atoms with Crippen LogP contribution in [0.5, 0.6) is 5.75 Å². The van der Waals surface area contributed by atoms with Gasteiger partial charge >= 0.3 is 0 Å². The SMILES string of the molecule is CC(C)[C@@H](C)[C@@H]1O[C@H]1[C@@]1(O)CC=C[C@@H]2C[C@H]3C4=CC(=O)[C@@]5(C[C@@H](O)[C@@H](O)C6(CCCC6)[C@]35C)[C@@H](O)SSC[C@H]3CCC[C@]5(CO)C=C[C@@H]6CC[C@@H](O)[C@@]67CN(C(=O)[C@@]357)c3cc(O)cc(c3)CC[C@]23[C@@H]1CC[C@@]43O. The van der Waals surface area contributed by atoms with Gasteiger partial charge in [0.25, 0.3) is 0 Å². The number of anilines is 1. The molecule has 6 saturated carbocycles. The molecule has 2 saturated heterocycles. The number of benzene rings is 1. The van der Waals surface area contributed by atoms with Crippen LogP contribution in [0.1, 0.15) is 130 Å². The fourth-order valence-corrected chi connectivity index (χ4v) is 24.3. The summed E-state index contributed by atoms with van der Waals surface area (Å²) in [6, 6.07) is 5.38. The molecule has 398 valence electrons. The molecule has 5 spiro atoms. The van der Waals surface area contributed by atoms with Gasteiger partial charge in [0.05, 0.1) is 47.5 Å². The summed E-state index contributed by atoms with van der Waals surface area (Å²) < 4.78 is 6.57. The summed E-state index contributed by atoms with van der Waals surface area (Å²) in [5, 5.41) is 102. The Morgan fingerprint density at radius 2 is 1.67 bits per heavy atom. The summed E-state index contributed by atoms with van der Waals surface area (Å²) in [7, 11) is 2.64. The number of carbonyl (C=O) groups is 2. The molecule has 0 unspecified atom stereocenters. The molecule has 14 aliphatic rings. The quantitative estimate of drug-likeness (QED) is 0.0855. The third kappa shape index (κ3) is 5.76. The highest BCUT2D eigenvalue weighted by Crippen LogP contribution is 2.81. The molecule has 1 aromatic rings. The number of ketones is 1. The fourth-order valence-electron chi connectivity index (χ4n) is 21.3. The predicted molar refractivity (Wildman–Crippen MR) is 279 cm³/mol. The number of aromatic hydroxyl groups is 1. The average molecular weight is 1040 g/mol. The Morgan fingerprint density at radius 3 is 2.42 bits per heavy atom. The number of hydrogen-bond acceptors (Lipinski definition) is 13. The lowest BCUT2D eigenvalue weighted by molar-refractivity contribution is -0.262. The molecule has 20 atom stereocenters. The lowest BCUT2D eigenvalue weighted by atomic mass is 9.33. The molecule has 0 aromatic heterocycles.